The van der Waals surface area contributed by atoms with Gasteiger partial charge in [0.15, 0.2) is 5.82 Å². The van der Waals surface area contributed by atoms with Crippen molar-refractivity contribution in [1.29, 1.82) is 0 Å². The second-order valence-electron chi connectivity index (χ2n) is 11.6. The molecule has 1 saturated heterocycles. The number of fused-ring (bicyclic) bond motifs is 1. The Balaban J connectivity index is 1.23. The predicted molar refractivity (Wildman–Crippen MR) is 180 cm³/mol. The van der Waals surface area contributed by atoms with Gasteiger partial charge in [0.1, 0.15) is 17.3 Å². The molecule has 6 rings (SSSR count). The molecule has 2 aromatic heterocycles. The van der Waals surface area contributed by atoms with Gasteiger partial charge in [-0.1, -0.05) is 6.07 Å². The van der Waals surface area contributed by atoms with Crippen molar-refractivity contribution in [2.75, 3.05) is 70.0 Å². The van der Waals surface area contributed by atoms with Gasteiger partial charge in [-0.2, -0.15) is 0 Å². The van der Waals surface area contributed by atoms with Crippen LogP contribution in [0.3, 0.4) is 0 Å². The molecule has 1 aliphatic rings. The number of carbonyl (C=O) groups is 2. The molecule has 5 aromatic rings. The second-order valence-corrected chi connectivity index (χ2v) is 11.6. The smallest absolute Gasteiger partial charge is 0.323 e. The molecular weight excluding hydrogens is 582 g/mol. The highest BCUT2D eigenvalue weighted by molar-refractivity contribution is 6.00. The van der Waals surface area contributed by atoms with Gasteiger partial charge in [-0.3, -0.25) is 4.79 Å². The minimum atomic E-state index is -0.393. The van der Waals surface area contributed by atoms with Crippen LogP contribution in [0.1, 0.15) is 16.1 Å². The summed E-state index contributed by atoms with van der Waals surface area (Å²) in [7, 11) is 7.42. The van der Waals surface area contributed by atoms with Crippen LogP contribution in [0.25, 0.3) is 33.6 Å². The van der Waals surface area contributed by atoms with E-state index in [1.54, 1.807) is 38.4 Å². The maximum absolute atomic E-state index is 12.7. The molecule has 1 aliphatic heterocycles. The fourth-order valence-electron chi connectivity index (χ4n) is 5.29. The number of hydrogen-bond donors (Lipinski definition) is 2. The lowest BCUT2D eigenvalue weighted by Crippen LogP contribution is -2.37. The van der Waals surface area contributed by atoms with Gasteiger partial charge < -0.3 is 34.5 Å². The number of ether oxygens (including phenoxy) is 1. The summed E-state index contributed by atoms with van der Waals surface area (Å²) in [6.45, 7) is 3.49. The Labute approximate surface area is 267 Å². The normalized spacial score (nSPS) is 13.2. The lowest BCUT2D eigenvalue weighted by atomic mass is 10.1. The van der Waals surface area contributed by atoms with Gasteiger partial charge in [0.25, 0.3) is 5.91 Å². The first-order valence-electron chi connectivity index (χ1n) is 15.1. The summed E-state index contributed by atoms with van der Waals surface area (Å²) in [5.74, 6) is 3.04. The van der Waals surface area contributed by atoms with Gasteiger partial charge in [0.2, 0.25) is 0 Å². The number of nitrogens with one attached hydrogen (secondary N) is 2. The molecule has 236 valence electrons. The molecule has 0 aliphatic carbocycles. The quantitative estimate of drug-likeness (QED) is 0.224. The van der Waals surface area contributed by atoms with E-state index in [2.05, 4.69) is 32.6 Å². The number of hydrogen-bond acceptors (Lipinski definition) is 8. The number of nitrogens with zero attached hydrogens (tertiary/aromatic N) is 5. The van der Waals surface area contributed by atoms with Crippen LogP contribution in [0.15, 0.2) is 83.3 Å². The summed E-state index contributed by atoms with van der Waals surface area (Å²) in [5, 5.41) is 6.62. The van der Waals surface area contributed by atoms with E-state index < -0.39 is 6.03 Å². The summed E-state index contributed by atoms with van der Waals surface area (Å²) in [5.41, 5.74) is 4.32. The van der Waals surface area contributed by atoms with Crippen LogP contribution in [0.4, 0.5) is 22.0 Å². The fourth-order valence-corrected chi connectivity index (χ4v) is 5.29. The van der Waals surface area contributed by atoms with Gasteiger partial charge >= 0.3 is 6.03 Å². The van der Waals surface area contributed by atoms with Crippen molar-refractivity contribution in [1.82, 2.24) is 19.8 Å². The van der Waals surface area contributed by atoms with E-state index in [-0.39, 0.29) is 5.91 Å². The van der Waals surface area contributed by atoms with Crippen LogP contribution >= 0.6 is 0 Å². The molecule has 3 heterocycles. The van der Waals surface area contributed by atoms with Crippen molar-refractivity contribution in [3.05, 3.63) is 90.2 Å². The molecule has 0 radical (unpaired) electrons. The van der Waals surface area contributed by atoms with E-state index in [1.165, 1.54) is 4.90 Å². The van der Waals surface area contributed by atoms with Crippen molar-refractivity contribution >= 4 is 40.0 Å². The molecule has 3 aromatic carbocycles. The van der Waals surface area contributed by atoms with Crippen LogP contribution in [-0.2, 0) is 11.3 Å². The molecule has 0 bridgehead atoms. The topological polar surface area (TPSA) is 116 Å². The van der Waals surface area contributed by atoms with E-state index in [0.717, 1.165) is 59.0 Å². The van der Waals surface area contributed by atoms with E-state index >= 15 is 0 Å². The van der Waals surface area contributed by atoms with Gasteiger partial charge in [-0.15, -0.1) is 0 Å². The lowest BCUT2D eigenvalue weighted by molar-refractivity contribution is 0.0827. The Bertz CT molecular complexity index is 1840. The SMILES string of the molecule is CN(C)Cc1ccc(-c2ccc3c(N4CCOCC4)nc(-c4ccc(NC(=O)Nc5ccc(C(=O)N(C)C)cc5)cc4)nc3c2)o1. The number of aromatic nitrogens is 2. The minimum absolute atomic E-state index is 0.101. The zero-order valence-electron chi connectivity index (χ0n) is 26.4. The average Bonchev–Trinajstić information content (AvgIpc) is 3.52. The number of furan rings is 1. The van der Waals surface area contributed by atoms with Crippen molar-refractivity contribution < 1.29 is 18.7 Å². The highest BCUT2D eigenvalue weighted by atomic mass is 16.5. The summed E-state index contributed by atoms with van der Waals surface area (Å²) < 4.78 is 11.7. The molecule has 0 unspecified atom stereocenters. The highest BCUT2D eigenvalue weighted by Gasteiger charge is 2.19. The molecule has 0 saturated carbocycles. The molecule has 0 atom stereocenters. The third-order valence-corrected chi connectivity index (χ3v) is 7.60. The van der Waals surface area contributed by atoms with Crippen molar-refractivity contribution in [2.45, 2.75) is 6.54 Å². The summed E-state index contributed by atoms with van der Waals surface area (Å²) in [6.07, 6.45) is 0. The number of anilines is 3. The average molecular weight is 620 g/mol. The first kappa shape index (κ1) is 30.8. The fraction of sp³-hybridized carbons (Fsp3) is 0.257. The molecule has 0 spiro atoms. The third-order valence-electron chi connectivity index (χ3n) is 7.60. The summed E-state index contributed by atoms with van der Waals surface area (Å²) >= 11 is 0. The minimum Gasteiger partial charge on any atom is -0.460 e. The van der Waals surface area contributed by atoms with E-state index in [9.17, 15) is 9.59 Å². The first-order chi connectivity index (χ1) is 22.2. The van der Waals surface area contributed by atoms with Crippen LogP contribution in [0.5, 0.6) is 0 Å². The number of amides is 3. The third kappa shape index (κ3) is 7.01. The lowest BCUT2D eigenvalue weighted by Gasteiger charge is -2.29. The van der Waals surface area contributed by atoms with Crippen LogP contribution in [-0.4, -0.2) is 86.2 Å². The van der Waals surface area contributed by atoms with Crippen LogP contribution in [0, 0.1) is 0 Å². The number of rotatable bonds is 8. The van der Waals surface area contributed by atoms with Gasteiger partial charge in [0.05, 0.1) is 25.3 Å². The Morgan fingerprint density at radius 1 is 0.804 bits per heavy atom. The molecule has 2 N–H and O–H groups in total. The molecule has 11 heteroatoms. The standard InChI is InChI=1S/C35H37N7O4/c1-40(2)22-28-14-16-31(46-28)25-9-15-29-30(21-25)38-32(39-33(29)42-17-19-45-20-18-42)23-5-10-26(11-6-23)36-35(44)37-27-12-7-24(8-13-27)34(43)41(3)4/h5-16,21H,17-20,22H2,1-4H3,(H2,36,37,44). The Morgan fingerprint density at radius 2 is 1.46 bits per heavy atom. The molecule has 3 amide bonds. The van der Waals surface area contributed by atoms with Gasteiger partial charge in [-0.05, 0) is 86.9 Å². The number of carbonyl (C=O) groups excluding carboxylic acids is 2. The van der Waals surface area contributed by atoms with Crippen LogP contribution in [0.2, 0.25) is 0 Å². The zero-order valence-corrected chi connectivity index (χ0v) is 26.4. The predicted octanol–water partition coefficient (Wildman–Crippen LogP) is 5.80. The van der Waals surface area contributed by atoms with E-state index in [4.69, 9.17) is 19.1 Å². The molecular formula is C35H37N7O4. The number of benzene rings is 3. The highest BCUT2D eigenvalue weighted by Crippen LogP contribution is 2.32. The van der Waals surface area contributed by atoms with E-state index in [0.29, 0.717) is 36.0 Å². The maximum atomic E-state index is 12.7. The number of morpholine rings is 1. The van der Waals surface area contributed by atoms with Crippen LogP contribution < -0.4 is 15.5 Å². The van der Waals surface area contributed by atoms with Crippen molar-refractivity contribution in [3.8, 4) is 22.7 Å². The van der Waals surface area contributed by atoms with E-state index in [1.807, 2.05) is 56.6 Å². The molecule has 1 fully saturated rings. The van der Waals surface area contributed by atoms with Crippen molar-refractivity contribution in [3.63, 3.8) is 0 Å². The number of urea groups is 1. The van der Waals surface area contributed by atoms with Gasteiger partial charge in [0, 0.05) is 60.6 Å². The molecule has 46 heavy (non-hydrogen) atoms. The summed E-state index contributed by atoms with van der Waals surface area (Å²) in [6, 6.07) is 24.0. The maximum Gasteiger partial charge on any atom is 0.323 e. The summed E-state index contributed by atoms with van der Waals surface area (Å²) in [4.78, 5) is 40.6. The zero-order chi connectivity index (χ0) is 32.2. The molecule has 11 nitrogen and oxygen atoms in total. The Hall–Kier alpha value is -5.26. The largest absolute Gasteiger partial charge is 0.460 e. The Morgan fingerprint density at radius 3 is 2.11 bits per heavy atom. The van der Waals surface area contributed by atoms with Gasteiger partial charge in [-0.25, -0.2) is 14.8 Å². The Kier molecular flexibility index (Phi) is 8.95. The first-order valence-corrected chi connectivity index (χ1v) is 15.1. The monoisotopic (exact) mass is 619 g/mol. The second kappa shape index (κ2) is 13.4. The van der Waals surface area contributed by atoms with Crippen molar-refractivity contribution in [2.24, 2.45) is 0 Å².